The van der Waals surface area contributed by atoms with Gasteiger partial charge in [-0.3, -0.25) is 8.98 Å². The van der Waals surface area contributed by atoms with Gasteiger partial charge in [-0.05, 0) is 32.1 Å². The monoisotopic (exact) mass is 428 g/mol. The average molecular weight is 429 g/mol. The maximum Gasteiger partial charge on any atom is 1.00 e. The van der Waals surface area contributed by atoms with Gasteiger partial charge in [0, 0.05) is 6.42 Å². The van der Waals surface area contributed by atoms with Crippen molar-refractivity contribution in [1.29, 1.82) is 0 Å². The molecule has 0 rings (SSSR count). The van der Waals surface area contributed by atoms with Crippen LogP contribution in [0.2, 0.25) is 0 Å². The van der Waals surface area contributed by atoms with Crippen molar-refractivity contribution in [2.45, 2.75) is 96.8 Å². The Morgan fingerprint density at radius 1 is 0.821 bits per heavy atom. The first-order valence-electron chi connectivity index (χ1n) is 10.4. The van der Waals surface area contributed by atoms with Gasteiger partial charge in [0.05, 0.1) is 6.61 Å². The van der Waals surface area contributed by atoms with Crippen molar-refractivity contribution < 1.29 is 56.2 Å². The molecular weight excluding hydrogens is 391 g/mol. The number of carbonyl (C=O) groups is 1. The van der Waals surface area contributed by atoms with Crippen molar-refractivity contribution in [2.75, 3.05) is 13.2 Å². The third-order valence-electron chi connectivity index (χ3n) is 4.22. The van der Waals surface area contributed by atoms with Gasteiger partial charge in [-0.2, -0.15) is 0 Å². The quantitative estimate of drug-likeness (QED) is 0.0781. The third kappa shape index (κ3) is 26.1. The Balaban J connectivity index is 0. The zero-order valence-corrected chi connectivity index (χ0v) is 20.6. The van der Waals surface area contributed by atoms with Crippen LogP contribution in [0.5, 0.6) is 0 Å². The molecule has 0 aliphatic carbocycles. The molecule has 0 heterocycles. The van der Waals surface area contributed by atoms with Crippen molar-refractivity contribution >= 4 is 16.4 Å². The number of carbonyl (C=O) groups excluding carboxylic acids is 1. The molecule has 0 atom stereocenters. The Morgan fingerprint density at radius 3 is 1.86 bits per heavy atom. The summed E-state index contributed by atoms with van der Waals surface area (Å²) in [6, 6.07) is 0. The molecular formula is C20H37NaO6S. The summed E-state index contributed by atoms with van der Waals surface area (Å²) in [6.45, 7) is 1.60. The number of hydrogen-bond acceptors (Lipinski definition) is 6. The molecule has 8 heteroatoms. The molecule has 0 aromatic rings. The van der Waals surface area contributed by atoms with Crippen molar-refractivity contribution in [3.63, 3.8) is 0 Å². The first kappa shape index (κ1) is 30.3. The van der Waals surface area contributed by atoms with Gasteiger partial charge >= 0.3 is 35.5 Å². The maximum absolute atomic E-state index is 11.4. The van der Waals surface area contributed by atoms with Crippen molar-refractivity contribution in [3.8, 4) is 0 Å². The summed E-state index contributed by atoms with van der Waals surface area (Å²) < 4.78 is 39.3. The van der Waals surface area contributed by atoms with Crippen LogP contribution in [0, 0.1) is 0 Å². The first-order valence-corrected chi connectivity index (χ1v) is 11.7. The van der Waals surface area contributed by atoms with Crippen LogP contribution in [0.25, 0.3) is 0 Å². The van der Waals surface area contributed by atoms with Gasteiger partial charge in [-0.15, -0.1) is 0 Å². The van der Waals surface area contributed by atoms with Crippen molar-refractivity contribution in [1.82, 2.24) is 0 Å². The second-order valence-corrected chi connectivity index (χ2v) is 7.84. The predicted octanol–water partition coefficient (Wildman–Crippen LogP) is 2.05. The summed E-state index contributed by atoms with van der Waals surface area (Å²) in [6.07, 6.45) is 20.4. The van der Waals surface area contributed by atoms with E-state index in [1.165, 1.54) is 51.4 Å². The van der Waals surface area contributed by atoms with E-state index in [2.05, 4.69) is 23.3 Å². The largest absolute Gasteiger partial charge is 1.00 e. The van der Waals surface area contributed by atoms with Crippen molar-refractivity contribution in [3.05, 3.63) is 12.2 Å². The fourth-order valence-corrected chi connectivity index (χ4v) is 2.98. The molecule has 28 heavy (non-hydrogen) atoms. The molecule has 0 fully saturated rings. The Bertz CT molecular complexity index is 479. The van der Waals surface area contributed by atoms with E-state index in [1.54, 1.807) is 0 Å². The molecule has 0 aliphatic heterocycles. The van der Waals surface area contributed by atoms with Gasteiger partial charge < -0.3 is 9.29 Å². The van der Waals surface area contributed by atoms with Gasteiger partial charge in [0.25, 0.3) is 0 Å². The van der Waals surface area contributed by atoms with Gasteiger partial charge in [-0.25, -0.2) is 8.42 Å². The van der Waals surface area contributed by atoms with E-state index in [4.69, 9.17) is 4.74 Å². The van der Waals surface area contributed by atoms with E-state index in [0.29, 0.717) is 6.42 Å². The average Bonchev–Trinajstić information content (AvgIpc) is 2.61. The number of unbranched alkanes of at least 4 members (excludes halogenated alkanes) is 11. The van der Waals surface area contributed by atoms with Crippen LogP contribution >= 0.6 is 0 Å². The van der Waals surface area contributed by atoms with Crippen LogP contribution in [0.1, 0.15) is 96.8 Å². The van der Waals surface area contributed by atoms with Gasteiger partial charge in [-0.1, -0.05) is 70.4 Å². The van der Waals surface area contributed by atoms with Crippen LogP contribution in [0.4, 0.5) is 0 Å². The van der Waals surface area contributed by atoms with Gasteiger partial charge in [0.2, 0.25) is 10.4 Å². The van der Waals surface area contributed by atoms with E-state index in [9.17, 15) is 17.8 Å². The summed E-state index contributed by atoms with van der Waals surface area (Å²) in [5.41, 5.74) is 0. The number of ether oxygens (including phenoxy) is 1. The molecule has 0 unspecified atom stereocenters. The van der Waals surface area contributed by atoms with Gasteiger partial charge in [0.15, 0.2) is 0 Å². The Labute approximate surface area is 194 Å². The fourth-order valence-electron chi connectivity index (χ4n) is 2.70. The second kappa shape index (κ2) is 21.8. The molecule has 0 radical (unpaired) electrons. The summed E-state index contributed by atoms with van der Waals surface area (Å²) in [7, 11) is -4.71. The Hall–Kier alpha value is 0.0800. The zero-order chi connectivity index (χ0) is 20.2. The minimum atomic E-state index is -4.71. The number of hydrogen-bond donors (Lipinski definition) is 0. The van der Waals surface area contributed by atoms with Crippen LogP contribution < -0.4 is 29.6 Å². The molecule has 0 aromatic carbocycles. The third-order valence-corrected chi connectivity index (χ3v) is 4.67. The summed E-state index contributed by atoms with van der Waals surface area (Å²) in [4.78, 5) is 11.4. The van der Waals surface area contributed by atoms with Crippen molar-refractivity contribution in [2.24, 2.45) is 0 Å². The summed E-state index contributed by atoms with van der Waals surface area (Å²) in [5.74, 6) is -0.389. The topological polar surface area (TPSA) is 92.7 Å². The summed E-state index contributed by atoms with van der Waals surface area (Å²) >= 11 is 0. The van der Waals surface area contributed by atoms with Gasteiger partial charge in [0.1, 0.15) is 6.61 Å². The second-order valence-electron chi connectivity index (χ2n) is 6.78. The standard InChI is InChI=1S/C20H38O6S.Na/c1-2-3-4-5-6-7-8-9-10-11-12-13-14-15-16-17-20(21)25-18-19-26-27(22,23)24;/h9-10H,2-8,11-19H2,1H3,(H,22,23,24);/q;+1/p-1/b10-9-;. The van der Waals surface area contributed by atoms with Crippen LogP contribution in [0.15, 0.2) is 12.2 Å². The van der Waals surface area contributed by atoms with E-state index in [1.807, 2.05) is 0 Å². The smallest absolute Gasteiger partial charge is 0.726 e. The molecule has 0 aromatic heterocycles. The van der Waals surface area contributed by atoms with Crippen LogP contribution in [-0.2, 0) is 24.1 Å². The summed E-state index contributed by atoms with van der Waals surface area (Å²) in [5, 5.41) is 0. The minimum Gasteiger partial charge on any atom is -0.726 e. The molecule has 0 N–H and O–H groups in total. The normalized spacial score (nSPS) is 11.5. The Kier molecular flexibility index (Phi) is 23.6. The van der Waals surface area contributed by atoms with E-state index in [0.717, 1.165) is 32.1 Å². The zero-order valence-electron chi connectivity index (χ0n) is 17.8. The molecule has 0 amide bonds. The number of rotatable bonds is 19. The molecule has 0 bridgehead atoms. The SMILES string of the molecule is CCCCCCCC/C=C\CCCCCCCC(=O)OCCOS(=O)(=O)[O-].[Na+]. The van der Waals surface area contributed by atoms with Crippen LogP contribution in [0.3, 0.4) is 0 Å². The van der Waals surface area contributed by atoms with E-state index >= 15 is 0 Å². The predicted molar refractivity (Wildman–Crippen MR) is 106 cm³/mol. The minimum absolute atomic E-state index is 0. The molecule has 0 spiro atoms. The molecule has 0 saturated heterocycles. The molecule has 0 saturated carbocycles. The fraction of sp³-hybridized carbons (Fsp3) is 0.850. The van der Waals surface area contributed by atoms with E-state index < -0.39 is 17.0 Å². The Morgan fingerprint density at radius 2 is 1.32 bits per heavy atom. The molecule has 160 valence electrons. The van der Waals surface area contributed by atoms with E-state index in [-0.39, 0.29) is 42.1 Å². The molecule has 6 nitrogen and oxygen atoms in total. The maximum atomic E-state index is 11.4. The molecule has 0 aliphatic rings. The first-order chi connectivity index (χ1) is 13.0. The number of allylic oxidation sites excluding steroid dienone is 2. The number of esters is 1. The van der Waals surface area contributed by atoms with Crippen LogP contribution in [-0.4, -0.2) is 32.2 Å².